The highest BCUT2D eigenvalue weighted by Gasteiger charge is 2.45. The average Bonchev–Trinajstić information content (AvgIpc) is 3.73. The van der Waals surface area contributed by atoms with Gasteiger partial charge in [0.1, 0.15) is 5.69 Å². The van der Waals surface area contributed by atoms with Crippen LogP contribution in [0.25, 0.3) is 5.78 Å². The van der Waals surface area contributed by atoms with Gasteiger partial charge in [-0.1, -0.05) is 11.8 Å². The summed E-state index contributed by atoms with van der Waals surface area (Å²) >= 11 is 0. The maximum absolute atomic E-state index is 13.6. The van der Waals surface area contributed by atoms with Crippen molar-refractivity contribution in [2.75, 3.05) is 19.8 Å². The van der Waals surface area contributed by atoms with E-state index in [9.17, 15) is 22.8 Å². The highest BCUT2D eigenvalue weighted by molar-refractivity contribution is 5.92. The second-order valence-electron chi connectivity index (χ2n) is 12.6. The van der Waals surface area contributed by atoms with Gasteiger partial charge in [-0.15, -0.1) is 0 Å². The Hall–Kier alpha value is -3.99. The molecule has 6 atom stereocenters. The van der Waals surface area contributed by atoms with E-state index >= 15 is 0 Å². The van der Waals surface area contributed by atoms with Crippen LogP contribution >= 0.6 is 0 Å². The Labute approximate surface area is 257 Å². The number of alkyl halides is 3. The molecule has 238 valence electrons. The van der Waals surface area contributed by atoms with Crippen LogP contribution in [0.2, 0.25) is 0 Å². The Kier molecular flexibility index (Phi) is 7.75. The van der Waals surface area contributed by atoms with Crippen molar-refractivity contribution in [1.29, 1.82) is 0 Å². The number of nitrogens with zero attached hydrogens (tertiary/aromatic N) is 6. The standard InChI is InChI=1S/C31H35F3N8O3/c1-2-41-25(5-8-36-41)29(44)38-27(20-11-18-3-4-19(18)12-20)24-16-42-30(37-24)39-26(17-6-9-45-10-7-17)23(40-42)14-21-13-22(31(32,33)34)15-35-28(21)43/h5,8,16-22,27H,2,6-7,9-15H2,1H3,(H,35,43)(H,38,44)/t18-,19+,20?,21-,22-,27+/m1/s1. The summed E-state index contributed by atoms with van der Waals surface area (Å²) in [6.45, 7) is 3.11. The minimum absolute atomic E-state index is 0.0242. The number of aryl methyl sites for hydroxylation is 1. The third-order valence-corrected chi connectivity index (χ3v) is 9.78. The van der Waals surface area contributed by atoms with E-state index in [1.807, 2.05) is 6.92 Å². The summed E-state index contributed by atoms with van der Waals surface area (Å²) in [5.74, 6) is 4.31. The number of halogens is 3. The predicted molar refractivity (Wildman–Crippen MR) is 154 cm³/mol. The topological polar surface area (TPSA) is 128 Å². The predicted octanol–water partition coefficient (Wildman–Crippen LogP) is 3.22. The van der Waals surface area contributed by atoms with Crippen molar-refractivity contribution in [3.63, 3.8) is 0 Å². The third-order valence-electron chi connectivity index (χ3n) is 9.78. The fourth-order valence-electron chi connectivity index (χ4n) is 7.25. The number of hydrogen-bond donors (Lipinski definition) is 2. The van der Waals surface area contributed by atoms with E-state index in [0.717, 1.165) is 12.8 Å². The Balaban J connectivity index is 1.23. The largest absolute Gasteiger partial charge is 0.393 e. The molecule has 4 aliphatic rings. The lowest BCUT2D eigenvalue weighted by Crippen LogP contribution is -2.47. The molecule has 14 heteroatoms. The molecule has 1 saturated carbocycles. The normalized spacial score (nSPS) is 27.3. The minimum Gasteiger partial charge on any atom is -0.381 e. The van der Waals surface area contributed by atoms with Crippen molar-refractivity contribution < 1.29 is 27.5 Å². The monoisotopic (exact) mass is 624 g/mol. The van der Waals surface area contributed by atoms with Gasteiger partial charge < -0.3 is 15.4 Å². The molecule has 0 aromatic carbocycles. The Bertz CT molecular complexity index is 1650. The SMILES string of the molecule is CCn1nccc1C(=O)N[C@H](c1cn2nc(C[C@H]3C[C@@H](C(F)(F)F)CNC3=O)c(C3CCOCC3)nc2n1)C1C[C@H]2C#C[C@H]2C1. The molecule has 2 aliphatic heterocycles. The van der Waals surface area contributed by atoms with Crippen LogP contribution in [0.5, 0.6) is 0 Å². The smallest absolute Gasteiger partial charge is 0.381 e. The molecule has 11 nitrogen and oxygen atoms in total. The molecular weight excluding hydrogens is 589 g/mol. The number of aromatic nitrogens is 6. The second kappa shape index (κ2) is 11.7. The van der Waals surface area contributed by atoms with Crippen LogP contribution in [0.1, 0.15) is 78.6 Å². The number of ether oxygens (including phenoxy) is 1. The number of rotatable bonds is 8. The average molecular weight is 625 g/mol. The maximum atomic E-state index is 13.6. The summed E-state index contributed by atoms with van der Waals surface area (Å²) in [6, 6.07) is 1.24. The van der Waals surface area contributed by atoms with Gasteiger partial charge in [-0.05, 0) is 51.0 Å². The number of carbonyl (C=O) groups is 2. The minimum atomic E-state index is -4.40. The Morgan fingerprint density at radius 1 is 1.18 bits per heavy atom. The molecule has 3 aromatic rings. The summed E-state index contributed by atoms with van der Waals surface area (Å²) in [5, 5.41) is 14.7. The van der Waals surface area contributed by atoms with E-state index in [4.69, 9.17) is 19.8 Å². The van der Waals surface area contributed by atoms with Crippen molar-refractivity contribution in [1.82, 2.24) is 40.0 Å². The van der Waals surface area contributed by atoms with E-state index in [1.54, 1.807) is 23.1 Å². The van der Waals surface area contributed by atoms with Crippen LogP contribution in [0.4, 0.5) is 13.2 Å². The molecule has 5 heterocycles. The number of amides is 2. The van der Waals surface area contributed by atoms with Crippen LogP contribution in [0, 0.1) is 41.4 Å². The zero-order chi connectivity index (χ0) is 31.3. The van der Waals surface area contributed by atoms with Gasteiger partial charge in [-0.3, -0.25) is 14.3 Å². The lowest BCUT2D eigenvalue weighted by atomic mass is 9.84. The lowest BCUT2D eigenvalue weighted by Gasteiger charge is -2.31. The van der Waals surface area contributed by atoms with Gasteiger partial charge in [0, 0.05) is 62.6 Å². The van der Waals surface area contributed by atoms with Gasteiger partial charge in [0.05, 0.1) is 35.2 Å². The summed E-state index contributed by atoms with van der Waals surface area (Å²) in [4.78, 5) is 36.0. The molecule has 2 N–H and O–H groups in total. The van der Waals surface area contributed by atoms with Crippen molar-refractivity contribution in [2.24, 2.45) is 29.6 Å². The van der Waals surface area contributed by atoms with E-state index in [1.165, 1.54) is 4.52 Å². The van der Waals surface area contributed by atoms with Crippen molar-refractivity contribution in [3.8, 4) is 11.8 Å². The summed E-state index contributed by atoms with van der Waals surface area (Å²) < 4.78 is 49.5. The molecule has 3 fully saturated rings. The van der Waals surface area contributed by atoms with Crippen molar-refractivity contribution >= 4 is 17.6 Å². The summed E-state index contributed by atoms with van der Waals surface area (Å²) in [5.41, 5.74) is 2.18. The second-order valence-corrected chi connectivity index (χ2v) is 12.6. The molecule has 0 radical (unpaired) electrons. The number of piperidine rings is 1. The molecule has 0 bridgehead atoms. The van der Waals surface area contributed by atoms with Gasteiger partial charge in [-0.25, -0.2) is 14.5 Å². The molecule has 2 amide bonds. The molecule has 0 spiro atoms. The molecule has 7 rings (SSSR count). The first-order valence-corrected chi connectivity index (χ1v) is 15.7. The van der Waals surface area contributed by atoms with Crippen LogP contribution in [-0.4, -0.2) is 67.1 Å². The van der Waals surface area contributed by atoms with Crippen LogP contribution in [0.3, 0.4) is 0 Å². The van der Waals surface area contributed by atoms with E-state index in [0.29, 0.717) is 73.0 Å². The van der Waals surface area contributed by atoms with Crippen LogP contribution in [0.15, 0.2) is 18.5 Å². The highest BCUT2D eigenvalue weighted by atomic mass is 19.4. The van der Waals surface area contributed by atoms with Gasteiger partial charge in [0.2, 0.25) is 5.91 Å². The zero-order valence-corrected chi connectivity index (χ0v) is 24.9. The number of imidazole rings is 1. The fraction of sp³-hybridized carbons (Fsp3) is 0.613. The lowest BCUT2D eigenvalue weighted by molar-refractivity contribution is -0.183. The molecular formula is C31H35F3N8O3. The molecule has 2 aliphatic carbocycles. The summed E-state index contributed by atoms with van der Waals surface area (Å²) in [6.07, 6.45) is 1.70. The van der Waals surface area contributed by atoms with Crippen LogP contribution < -0.4 is 10.6 Å². The van der Waals surface area contributed by atoms with E-state index < -0.39 is 36.5 Å². The molecule has 2 saturated heterocycles. The van der Waals surface area contributed by atoms with Crippen molar-refractivity contribution in [3.05, 3.63) is 41.2 Å². The number of nitrogens with one attached hydrogen (secondary N) is 2. The molecule has 3 aromatic heterocycles. The molecule has 45 heavy (non-hydrogen) atoms. The van der Waals surface area contributed by atoms with E-state index in [-0.39, 0.29) is 30.6 Å². The molecule has 1 unspecified atom stereocenters. The van der Waals surface area contributed by atoms with Crippen LogP contribution in [-0.2, 0) is 22.5 Å². The van der Waals surface area contributed by atoms with E-state index in [2.05, 4.69) is 27.6 Å². The fourth-order valence-corrected chi connectivity index (χ4v) is 7.25. The van der Waals surface area contributed by atoms with Gasteiger partial charge in [0.25, 0.3) is 11.7 Å². The number of carbonyl (C=O) groups excluding carboxylic acids is 2. The first kappa shape index (κ1) is 29.7. The third kappa shape index (κ3) is 5.78. The van der Waals surface area contributed by atoms with Gasteiger partial charge >= 0.3 is 6.18 Å². The number of fused-ring (bicyclic) bond motifs is 2. The Morgan fingerprint density at radius 3 is 2.62 bits per heavy atom. The van der Waals surface area contributed by atoms with Gasteiger partial charge in [-0.2, -0.15) is 23.4 Å². The highest BCUT2D eigenvalue weighted by Crippen LogP contribution is 2.45. The van der Waals surface area contributed by atoms with Gasteiger partial charge in [0.15, 0.2) is 0 Å². The zero-order valence-electron chi connectivity index (χ0n) is 24.9. The maximum Gasteiger partial charge on any atom is 0.393 e. The Morgan fingerprint density at radius 2 is 1.93 bits per heavy atom. The number of hydrogen-bond acceptors (Lipinski definition) is 7. The first-order valence-electron chi connectivity index (χ1n) is 15.7. The summed E-state index contributed by atoms with van der Waals surface area (Å²) in [7, 11) is 0. The quantitative estimate of drug-likeness (QED) is 0.369. The first-order chi connectivity index (χ1) is 21.7. The van der Waals surface area contributed by atoms with Crippen molar-refractivity contribution in [2.45, 2.75) is 70.1 Å².